The average molecular weight is 812 g/mol. The van der Waals surface area contributed by atoms with Gasteiger partial charge in [0.05, 0.1) is 5.69 Å². The van der Waals surface area contributed by atoms with E-state index in [1.165, 1.54) is 95.6 Å². The van der Waals surface area contributed by atoms with E-state index in [4.69, 9.17) is 0 Å². The normalized spacial score (nSPS) is 11.6. The number of hydrogen-bond acceptors (Lipinski definition) is 3. The van der Waals surface area contributed by atoms with Gasteiger partial charge in [-0.3, -0.25) is 0 Å². The number of rotatable bonds is 7. The van der Waals surface area contributed by atoms with Crippen molar-refractivity contribution in [3.63, 3.8) is 0 Å². The van der Waals surface area contributed by atoms with Gasteiger partial charge in [0.25, 0.3) is 0 Å². The first-order valence-electron chi connectivity index (χ1n) is 20.7. The molecule has 0 amide bonds. The van der Waals surface area contributed by atoms with E-state index >= 15 is 0 Å². The molecule has 2 aromatic heterocycles. The topological polar surface area (TPSA) is 3.24 Å². The highest BCUT2D eigenvalue weighted by Gasteiger charge is 2.19. The van der Waals surface area contributed by atoms with Crippen LogP contribution in [-0.4, -0.2) is 0 Å². The van der Waals surface area contributed by atoms with Crippen LogP contribution < -0.4 is 4.90 Å². The Morgan fingerprint density at radius 3 is 1.66 bits per heavy atom. The molecule has 0 aliphatic rings. The number of benzene rings is 10. The van der Waals surface area contributed by atoms with Crippen molar-refractivity contribution >= 4 is 90.9 Å². The van der Waals surface area contributed by atoms with Crippen molar-refractivity contribution in [2.24, 2.45) is 0 Å². The van der Waals surface area contributed by atoms with Crippen LogP contribution in [0.3, 0.4) is 0 Å². The summed E-state index contributed by atoms with van der Waals surface area (Å²) in [5.41, 5.74) is 12.9. The molecule has 0 saturated carbocycles. The molecule has 0 spiro atoms. The minimum absolute atomic E-state index is 1.10. The summed E-state index contributed by atoms with van der Waals surface area (Å²) < 4.78 is 5.27. The molecule has 61 heavy (non-hydrogen) atoms. The highest BCUT2D eigenvalue weighted by atomic mass is 32.1. The van der Waals surface area contributed by atoms with Gasteiger partial charge in [-0.25, -0.2) is 0 Å². The molecule has 2 heterocycles. The quantitative estimate of drug-likeness (QED) is 0.155. The van der Waals surface area contributed by atoms with E-state index in [2.05, 4.69) is 229 Å². The maximum Gasteiger partial charge on any atom is 0.0540 e. The summed E-state index contributed by atoms with van der Waals surface area (Å²) in [6, 6.07) is 82.5. The summed E-state index contributed by atoms with van der Waals surface area (Å²) in [7, 11) is 0. The molecule has 10 aromatic carbocycles. The number of anilines is 3. The van der Waals surface area contributed by atoms with Crippen molar-refractivity contribution in [3.8, 4) is 44.5 Å². The summed E-state index contributed by atoms with van der Waals surface area (Å²) in [6.07, 6.45) is 0. The first-order chi connectivity index (χ1) is 30.2. The van der Waals surface area contributed by atoms with Crippen LogP contribution in [0.4, 0.5) is 17.1 Å². The molecule has 0 atom stereocenters. The molecule has 3 heteroatoms. The maximum atomic E-state index is 2.43. The number of thiophene rings is 2. The second-order valence-corrected chi connectivity index (χ2v) is 17.8. The van der Waals surface area contributed by atoms with Crippen molar-refractivity contribution in [2.45, 2.75) is 0 Å². The van der Waals surface area contributed by atoms with E-state index in [1.807, 2.05) is 22.7 Å². The molecule has 0 saturated heterocycles. The first-order valence-corrected chi connectivity index (χ1v) is 22.4. The predicted molar refractivity (Wildman–Crippen MR) is 266 cm³/mol. The molecular weight excluding hydrogens is 775 g/mol. The zero-order chi connectivity index (χ0) is 40.3. The predicted octanol–water partition coefficient (Wildman–Crippen LogP) is 17.7. The molecule has 0 aliphatic heterocycles. The molecule has 0 N–H and O–H groups in total. The van der Waals surface area contributed by atoms with Crippen LogP contribution in [0.2, 0.25) is 0 Å². The van der Waals surface area contributed by atoms with Gasteiger partial charge in [0.1, 0.15) is 0 Å². The molecule has 12 aromatic rings. The van der Waals surface area contributed by atoms with Gasteiger partial charge in [-0.2, -0.15) is 0 Å². The lowest BCUT2D eigenvalue weighted by Gasteiger charge is -2.28. The monoisotopic (exact) mass is 811 g/mol. The van der Waals surface area contributed by atoms with Crippen molar-refractivity contribution in [3.05, 3.63) is 224 Å². The van der Waals surface area contributed by atoms with E-state index < -0.39 is 0 Å². The van der Waals surface area contributed by atoms with Crippen molar-refractivity contribution < 1.29 is 0 Å². The second-order valence-electron chi connectivity index (χ2n) is 15.7. The third-order valence-corrected chi connectivity index (χ3v) is 14.4. The van der Waals surface area contributed by atoms with Gasteiger partial charge >= 0.3 is 0 Å². The molecule has 0 unspecified atom stereocenters. The van der Waals surface area contributed by atoms with E-state index in [0.29, 0.717) is 0 Å². The Morgan fingerprint density at radius 1 is 0.262 bits per heavy atom. The second kappa shape index (κ2) is 14.8. The lowest BCUT2D eigenvalue weighted by molar-refractivity contribution is 1.28. The first kappa shape index (κ1) is 35.6. The van der Waals surface area contributed by atoms with Gasteiger partial charge in [0.2, 0.25) is 0 Å². The summed E-state index contributed by atoms with van der Waals surface area (Å²) in [5, 5.41) is 7.76. The fourth-order valence-corrected chi connectivity index (χ4v) is 11.3. The van der Waals surface area contributed by atoms with Crippen LogP contribution in [0, 0.1) is 0 Å². The minimum Gasteiger partial charge on any atom is -0.310 e. The summed E-state index contributed by atoms with van der Waals surface area (Å²) >= 11 is 3.73. The zero-order valence-corrected chi connectivity index (χ0v) is 34.8. The Bertz CT molecular complexity index is 3600. The number of hydrogen-bond donors (Lipinski definition) is 0. The zero-order valence-electron chi connectivity index (χ0n) is 33.1. The molecule has 286 valence electrons. The molecule has 0 radical (unpaired) electrons. The van der Waals surface area contributed by atoms with Crippen molar-refractivity contribution in [2.75, 3.05) is 4.90 Å². The fourth-order valence-electron chi connectivity index (χ4n) is 9.11. The van der Waals surface area contributed by atoms with Gasteiger partial charge in [0, 0.05) is 57.3 Å². The van der Waals surface area contributed by atoms with Crippen molar-refractivity contribution in [1.29, 1.82) is 0 Å². The Hall–Kier alpha value is -7.30. The van der Waals surface area contributed by atoms with Gasteiger partial charge in [-0.15, -0.1) is 22.7 Å². The Labute approximate surface area is 362 Å². The molecule has 12 rings (SSSR count). The molecule has 0 fully saturated rings. The number of para-hydroxylation sites is 1. The Kier molecular flexibility index (Phi) is 8.62. The van der Waals surface area contributed by atoms with E-state index in [9.17, 15) is 0 Å². The third-order valence-electron chi connectivity index (χ3n) is 12.1. The summed E-state index contributed by atoms with van der Waals surface area (Å²) in [4.78, 5) is 2.43. The highest BCUT2D eigenvalue weighted by molar-refractivity contribution is 7.26. The molecule has 0 aliphatic carbocycles. The third kappa shape index (κ3) is 6.29. The van der Waals surface area contributed by atoms with E-state index in [-0.39, 0.29) is 0 Å². The van der Waals surface area contributed by atoms with E-state index in [1.54, 1.807) is 0 Å². The lowest BCUT2D eigenvalue weighted by Crippen LogP contribution is -2.11. The minimum atomic E-state index is 1.10. The standard InChI is InChI=1S/C58H37NS2/c1-2-18-47-39(12-1)13-11-22-48(47)43-16-9-14-40(34-43)41-15-10-17-46(35-41)59(45-30-26-38(27-31-45)42-28-32-52-50-20-4-7-24-55(50)61-58(52)37-42)54-23-6-3-19-49(54)44-29-33-57-53(36-44)51-21-5-8-25-56(51)60-57/h1-37H. The van der Waals surface area contributed by atoms with Crippen molar-refractivity contribution in [1.82, 2.24) is 0 Å². The van der Waals surface area contributed by atoms with Gasteiger partial charge in [0.15, 0.2) is 0 Å². The van der Waals surface area contributed by atoms with Crippen LogP contribution in [-0.2, 0) is 0 Å². The molecule has 0 bridgehead atoms. The fraction of sp³-hybridized carbons (Fsp3) is 0. The largest absolute Gasteiger partial charge is 0.310 e. The van der Waals surface area contributed by atoms with Crippen LogP contribution in [0.25, 0.3) is 95.6 Å². The van der Waals surface area contributed by atoms with Gasteiger partial charge in [-0.1, -0.05) is 158 Å². The van der Waals surface area contributed by atoms with Crippen LogP contribution >= 0.6 is 22.7 Å². The Morgan fingerprint density at radius 2 is 0.803 bits per heavy atom. The smallest absolute Gasteiger partial charge is 0.0540 e. The lowest BCUT2D eigenvalue weighted by atomic mass is 9.95. The van der Waals surface area contributed by atoms with Crippen LogP contribution in [0.15, 0.2) is 224 Å². The number of nitrogens with zero attached hydrogens (tertiary/aromatic N) is 1. The average Bonchev–Trinajstić information content (AvgIpc) is 3.90. The van der Waals surface area contributed by atoms with Gasteiger partial charge in [-0.05, 0) is 116 Å². The van der Waals surface area contributed by atoms with Crippen LogP contribution in [0.5, 0.6) is 0 Å². The number of fused-ring (bicyclic) bond motifs is 7. The SMILES string of the molecule is c1cc(-c2cccc(N(c3ccc(-c4ccc5c(c4)sc4ccccc45)cc3)c3ccccc3-c3ccc4sc5ccccc5c4c3)c2)cc(-c2cccc3ccccc23)c1. The highest BCUT2D eigenvalue weighted by Crippen LogP contribution is 2.45. The molecule has 1 nitrogen and oxygen atoms in total. The maximum absolute atomic E-state index is 2.43. The van der Waals surface area contributed by atoms with Crippen LogP contribution in [0.1, 0.15) is 0 Å². The summed E-state index contributed by atoms with van der Waals surface area (Å²) in [6.45, 7) is 0. The van der Waals surface area contributed by atoms with Gasteiger partial charge < -0.3 is 4.90 Å². The Balaban J connectivity index is 0.990. The van der Waals surface area contributed by atoms with E-state index in [0.717, 1.165) is 17.1 Å². The summed E-state index contributed by atoms with van der Waals surface area (Å²) in [5.74, 6) is 0. The molecular formula is C58H37NS2.